The summed E-state index contributed by atoms with van der Waals surface area (Å²) >= 11 is 0. The lowest BCUT2D eigenvalue weighted by Crippen LogP contribution is -2.30. The average molecular weight is 954 g/mol. The van der Waals surface area contributed by atoms with E-state index in [0.717, 1.165) is 77.0 Å². The van der Waals surface area contributed by atoms with Crippen LogP contribution in [0.3, 0.4) is 0 Å². The van der Waals surface area contributed by atoms with Crippen LogP contribution in [0.4, 0.5) is 0 Å². The number of esters is 3. The van der Waals surface area contributed by atoms with Crippen molar-refractivity contribution >= 4 is 17.9 Å². The maximum Gasteiger partial charge on any atom is 0.306 e. The van der Waals surface area contributed by atoms with Crippen LogP contribution >= 0.6 is 0 Å². The summed E-state index contributed by atoms with van der Waals surface area (Å²) in [4.78, 5) is 38.2. The Hall–Kier alpha value is -2.63. The van der Waals surface area contributed by atoms with Gasteiger partial charge in [0.25, 0.3) is 0 Å². The Morgan fingerprint density at radius 2 is 0.574 bits per heavy atom. The van der Waals surface area contributed by atoms with Gasteiger partial charge in [0.05, 0.1) is 0 Å². The van der Waals surface area contributed by atoms with Crippen molar-refractivity contribution in [2.75, 3.05) is 13.2 Å². The Labute approximate surface area is 422 Å². The molecule has 0 spiro atoms. The van der Waals surface area contributed by atoms with E-state index in [4.69, 9.17) is 14.2 Å². The summed E-state index contributed by atoms with van der Waals surface area (Å²) in [5, 5.41) is 0. The number of rotatable bonds is 54. The third kappa shape index (κ3) is 54.3. The van der Waals surface area contributed by atoms with Crippen LogP contribution in [0.15, 0.2) is 48.6 Å². The highest BCUT2D eigenvalue weighted by Crippen LogP contribution is 2.16. The Morgan fingerprint density at radius 3 is 0.912 bits per heavy atom. The van der Waals surface area contributed by atoms with E-state index in [9.17, 15) is 14.4 Å². The monoisotopic (exact) mass is 953 g/mol. The molecule has 0 fully saturated rings. The van der Waals surface area contributed by atoms with Crippen molar-refractivity contribution < 1.29 is 28.6 Å². The molecular weight excluding hydrogens is 841 g/mol. The summed E-state index contributed by atoms with van der Waals surface area (Å²) in [5.41, 5.74) is 0. The van der Waals surface area contributed by atoms with Gasteiger partial charge in [-0.25, -0.2) is 0 Å². The molecule has 0 rings (SSSR count). The summed E-state index contributed by atoms with van der Waals surface area (Å²) in [6, 6.07) is 0. The summed E-state index contributed by atoms with van der Waals surface area (Å²) in [6.45, 7) is 6.56. The Morgan fingerprint density at radius 1 is 0.309 bits per heavy atom. The topological polar surface area (TPSA) is 78.9 Å². The third-order valence-corrected chi connectivity index (χ3v) is 13.1. The van der Waals surface area contributed by atoms with Crippen LogP contribution in [0.5, 0.6) is 0 Å². The summed E-state index contributed by atoms with van der Waals surface area (Å²) in [7, 11) is 0. The van der Waals surface area contributed by atoms with Crippen LogP contribution in [0.25, 0.3) is 0 Å². The van der Waals surface area contributed by atoms with E-state index in [2.05, 4.69) is 69.4 Å². The second kappa shape index (κ2) is 57.0. The van der Waals surface area contributed by atoms with Crippen molar-refractivity contribution in [2.24, 2.45) is 0 Å². The van der Waals surface area contributed by atoms with Crippen LogP contribution < -0.4 is 0 Å². The first kappa shape index (κ1) is 65.4. The van der Waals surface area contributed by atoms with Gasteiger partial charge >= 0.3 is 17.9 Å². The predicted octanol–water partition coefficient (Wildman–Crippen LogP) is 19.8. The minimum Gasteiger partial charge on any atom is -0.462 e. The molecule has 0 aliphatic carbocycles. The zero-order valence-electron chi connectivity index (χ0n) is 45.4. The molecule has 396 valence electrons. The highest BCUT2D eigenvalue weighted by atomic mass is 16.6. The van der Waals surface area contributed by atoms with Gasteiger partial charge in [0.2, 0.25) is 0 Å². The lowest BCUT2D eigenvalue weighted by Gasteiger charge is -2.18. The normalized spacial score (nSPS) is 12.3. The lowest BCUT2D eigenvalue weighted by molar-refractivity contribution is -0.167. The molecule has 0 N–H and O–H groups in total. The van der Waals surface area contributed by atoms with E-state index in [0.29, 0.717) is 19.3 Å². The number of unbranched alkanes of at least 4 members (excludes halogenated alkanes) is 35. The molecule has 0 bridgehead atoms. The largest absolute Gasteiger partial charge is 0.462 e. The quantitative estimate of drug-likeness (QED) is 0.0262. The van der Waals surface area contributed by atoms with Gasteiger partial charge in [-0.15, -0.1) is 0 Å². The van der Waals surface area contributed by atoms with Crippen LogP contribution in [0, 0.1) is 0 Å². The first-order valence-electron chi connectivity index (χ1n) is 29.6. The van der Waals surface area contributed by atoms with Crippen molar-refractivity contribution in [3.8, 4) is 0 Å². The van der Waals surface area contributed by atoms with Crippen LogP contribution in [-0.4, -0.2) is 37.2 Å². The number of ether oxygens (including phenoxy) is 3. The molecule has 1 unspecified atom stereocenters. The summed E-state index contributed by atoms with van der Waals surface area (Å²) in [5.74, 6) is -0.868. The number of hydrogen-bond donors (Lipinski definition) is 0. The molecule has 0 aromatic carbocycles. The lowest BCUT2D eigenvalue weighted by atomic mass is 10.0. The second-order valence-corrected chi connectivity index (χ2v) is 19.9. The highest BCUT2D eigenvalue weighted by molar-refractivity contribution is 5.71. The summed E-state index contributed by atoms with van der Waals surface area (Å²) < 4.78 is 16.9. The minimum absolute atomic E-state index is 0.0732. The molecule has 0 saturated heterocycles. The van der Waals surface area contributed by atoms with Crippen molar-refractivity contribution in [1.29, 1.82) is 0 Å². The van der Waals surface area contributed by atoms with Crippen LogP contribution in [0.1, 0.15) is 310 Å². The number of hydrogen-bond acceptors (Lipinski definition) is 6. The van der Waals surface area contributed by atoms with Gasteiger partial charge < -0.3 is 14.2 Å². The molecule has 0 aliphatic heterocycles. The van der Waals surface area contributed by atoms with Gasteiger partial charge in [-0.3, -0.25) is 14.4 Å². The smallest absolute Gasteiger partial charge is 0.306 e. The van der Waals surface area contributed by atoms with E-state index in [1.165, 1.54) is 193 Å². The van der Waals surface area contributed by atoms with Crippen molar-refractivity contribution in [1.82, 2.24) is 0 Å². The van der Waals surface area contributed by atoms with E-state index < -0.39 is 6.10 Å². The van der Waals surface area contributed by atoms with Gasteiger partial charge in [-0.2, -0.15) is 0 Å². The molecule has 68 heavy (non-hydrogen) atoms. The van der Waals surface area contributed by atoms with Crippen LogP contribution in [-0.2, 0) is 28.6 Å². The van der Waals surface area contributed by atoms with Crippen molar-refractivity contribution in [2.45, 2.75) is 316 Å². The fourth-order valence-electron chi connectivity index (χ4n) is 8.63. The number of carbonyl (C=O) groups is 3. The van der Waals surface area contributed by atoms with E-state index in [1.807, 2.05) is 0 Å². The SMILES string of the molecule is CC/C=C\C/C=C\C/C=C\CCCCCCCCCCCC(=O)OCC(COC(=O)CCCCCCCCCCCCCC)OC(=O)CCCCCCCCC/C=C\CCCCCCCCCC. The number of carbonyl (C=O) groups excluding carboxylic acids is 3. The highest BCUT2D eigenvalue weighted by Gasteiger charge is 2.19. The average Bonchev–Trinajstić information content (AvgIpc) is 3.34. The fraction of sp³-hybridized carbons (Fsp3) is 0.823. The second-order valence-electron chi connectivity index (χ2n) is 19.9. The molecule has 1 atom stereocenters. The van der Waals surface area contributed by atoms with E-state index in [1.54, 1.807) is 0 Å². The molecule has 0 aromatic rings. The van der Waals surface area contributed by atoms with Gasteiger partial charge in [-0.05, 0) is 77.0 Å². The molecule has 0 amide bonds. The van der Waals surface area contributed by atoms with Gasteiger partial charge in [0.1, 0.15) is 13.2 Å². The Kier molecular flexibility index (Phi) is 54.8. The van der Waals surface area contributed by atoms with E-state index >= 15 is 0 Å². The Bertz CT molecular complexity index is 1190. The Balaban J connectivity index is 4.32. The molecule has 0 radical (unpaired) electrons. The number of allylic oxidation sites excluding steroid dienone is 8. The third-order valence-electron chi connectivity index (χ3n) is 13.1. The van der Waals surface area contributed by atoms with Crippen LogP contribution in [0.2, 0.25) is 0 Å². The van der Waals surface area contributed by atoms with Gasteiger partial charge in [-0.1, -0.05) is 262 Å². The van der Waals surface area contributed by atoms with Crippen molar-refractivity contribution in [3.63, 3.8) is 0 Å². The first-order chi connectivity index (χ1) is 33.5. The standard InChI is InChI=1S/C62H112O6/c1-4-7-10-13-16-19-22-25-27-29-31-33-35-37-40-43-46-49-52-55-61(64)67-58-59(57-66-60(63)54-51-48-45-42-39-24-21-18-15-12-9-6-3)68-62(65)56-53-50-47-44-41-38-36-34-32-30-28-26-23-20-17-14-11-8-5-2/h7,10,16,19,25,27,30,32,59H,4-6,8-9,11-15,17-18,20-24,26,28-29,31,33-58H2,1-3H3/b10-7-,19-16-,27-25-,32-30-. The van der Waals surface area contributed by atoms with Gasteiger partial charge in [0, 0.05) is 19.3 Å². The molecule has 6 nitrogen and oxygen atoms in total. The zero-order chi connectivity index (χ0) is 49.3. The predicted molar refractivity (Wildman–Crippen MR) is 293 cm³/mol. The van der Waals surface area contributed by atoms with Crippen molar-refractivity contribution in [3.05, 3.63) is 48.6 Å². The first-order valence-corrected chi connectivity index (χ1v) is 29.6. The molecular formula is C62H112O6. The molecule has 0 saturated carbocycles. The maximum atomic E-state index is 12.9. The minimum atomic E-state index is -0.775. The zero-order valence-corrected chi connectivity index (χ0v) is 45.4. The fourth-order valence-corrected chi connectivity index (χ4v) is 8.63. The molecule has 0 aliphatic rings. The summed E-state index contributed by atoms with van der Waals surface area (Å²) in [6.07, 6.45) is 69.6. The molecule has 0 heterocycles. The van der Waals surface area contributed by atoms with Gasteiger partial charge in [0.15, 0.2) is 6.10 Å². The molecule has 0 aromatic heterocycles. The maximum absolute atomic E-state index is 12.9. The van der Waals surface area contributed by atoms with E-state index in [-0.39, 0.29) is 31.1 Å². The molecule has 6 heteroatoms.